The summed E-state index contributed by atoms with van der Waals surface area (Å²) in [4.78, 5) is 0. The van der Waals surface area contributed by atoms with E-state index >= 15 is 0 Å². The SMILES string of the molecule is O=S(=O)(CCCC(F)(F)F)NCCSCCCO. The minimum atomic E-state index is -4.31. The molecule has 0 atom stereocenters. The Morgan fingerprint density at radius 1 is 1.17 bits per heavy atom. The molecule has 0 bridgehead atoms. The summed E-state index contributed by atoms with van der Waals surface area (Å²) >= 11 is 1.48. The zero-order valence-electron chi connectivity index (χ0n) is 9.87. The monoisotopic (exact) mass is 309 g/mol. The lowest BCUT2D eigenvalue weighted by Crippen LogP contribution is -2.29. The van der Waals surface area contributed by atoms with Gasteiger partial charge in [-0.2, -0.15) is 24.9 Å². The number of aliphatic hydroxyl groups excluding tert-OH is 1. The zero-order chi connectivity index (χ0) is 14.1. The fraction of sp³-hybridized carbons (Fsp3) is 1.00. The van der Waals surface area contributed by atoms with Crippen LogP contribution in [-0.2, 0) is 10.0 Å². The number of nitrogens with one attached hydrogen (secondary N) is 1. The molecule has 0 aliphatic rings. The Morgan fingerprint density at radius 2 is 1.83 bits per heavy atom. The van der Waals surface area contributed by atoms with Crippen molar-refractivity contribution in [3.63, 3.8) is 0 Å². The second kappa shape index (κ2) is 9.00. The van der Waals surface area contributed by atoms with Gasteiger partial charge in [0.1, 0.15) is 0 Å². The summed E-state index contributed by atoms with van der Waals surface area (Å²) in [6, 6.07) is 0. The second-order valence-electron chi connectivity index (χ2n) is 3.62. The van der Waals surface area contributed by atoms with E-state index in [9.17, 15) is 21.6 Å². The van der Waals surface area contributed by atoms with Crippen molar-refractivity contribution in [2.45, 2.75) is 25.4 Å². The van der Waals surface area contributed by atoms with E-state index < -0.39 is 34.8 Å². The number of alkyl halides is 3. The first-order valence-electron chi connectivity index (χ1n) is 5.49. The van der Waals surface area contributed by atoms with Gasteiger partial charge in [-0.05, 0) is 18.6 Å². The van der Waals surface area contributed by atoms with Crippen LogP contribution in [0.4, 0.5) is 13.2 Å². The molecule has 2 N–H and O–H groups in total. The minimum absolute atomic E-state index is 0.0934. The number of hydrogen-bond acceptors (Lipinski definition) is 4. The van der Waals surface area contributed by atoms with Gasteiger partial charge in [0.15, 0.2) is 0 Å². The van der Waals surface area contributed by atoms with Crippen LogP contribution in [0.15, 0.2) is 0 Å². The molecule has 0 aliphatic heterocycles. The van der Waals surface area contributed by atoms with Crippen LogP contribution in [0.2, 0.25) is 0 Å². The van der Waals surface area contributed by atoms with E-state index in [1.54, 1.807) is 0 Å². The summed E-state index contributed by atoms with van der Waals surface area (Å²) in [7, 11) is -3.61. The molecule has 0 heterocycles. The normalized spacial score (nSPS) is 12.9. The molecule has 110 valence electrons. The van der Waals surface area contributed by atoms with E-state index in [-0.39, 0.29) is 13.2 Å². The highest BCUT2D eigenvalue weighted by atomic mass is 32.2. The molecule has 18 heavy (non-hydrogen) atoms. The van der Waals surface area contributed by atoms with Gasteiger partial charge in [-0.1, -0.05) is 0 Å². The van der Waals surface area contributed by atoms with Crippen molar-refractivity contribution in [1.29, 1.82) is 0 Å². The molecule has 0 aliphatic carbocycles. The molecule has 0 amide bonds. The van der Waals surface area contributed by atoms with Gasteiger partial charge in [-0.25, -0.2) is 13.1 Å². The summed E-state index contributed by atoms with van der Waals surface area (Å²) in [5, 5.41) is 8.50. The fourth-order valence-corrected chi connectivity index (χ4v) is 3.07. The molecule has 0 aromatic heterocycles. The van der Waals surface area contributed by atoms with E-state index in [1.807, 2.05) is 0 Å². The summed E-state index contributed by atoms with van der Waals surface area (Å²) in [6.45, 7) is 0.292. The number of thioether (sulfide) groups is 1. The Hall–Kier alpha value is 0.01000. The molecule has 0 fully saturated rings. The molecular formula is C9H18F3NO3S2. The predicted octanol–water partition coefficient (Wildman–Crippen LogP) is 1.36. The van der Waals surface area contributed by atoms with Crippen molar-refractivity contribution in [2.75, 3.05) is 30.4 Å². The number of halogens is 3. The lowest BCUT2D eigenvalue weighted by atomic mass is 10.3. The largest absolute Gasteiger partial charge is 0.396 e. The third-order valence-electron chi connectivity index (χ3n) is 1.89. The Bertz CT molecular complexity index is 307. The van der Waals surface area contributed by atoms with Crippen molar-refractivity contribution in [3.8, 4) is 0 Å². The number of aliphatic hydroxyl groups is 1. The van der Waals surface area contributed by atoms with Gasteiger partial charge in [0, 0.05) is 25.3 Å². The fourth-order valence-electron chi connectivity index (χ4n) is 1.07. The molecule has 0 saturated carbocycles. The van der Waals surface area contributed by atoms with Gasteiger partial charge < -0.3 is 5.11 Å². The highest BCUT2D eigenvalue weighted by Gasteiger charge is 2.27. The van der Waals surface area contributed by atoms with Gasteiger partial charge in [0.2, 0.25) is 10.0 Å². The van der Waals surface area contributed by atoms with E-state index in [0.29, 0.717) is 12.2 Å². The van der Waals surface area contributed by atoms with Crippen LogP contribution in [0, 0.1) is 0 Å². The number of sulfonamides is 1. The minimum Gasteiger partial charge on any atom is -0.396 e. The number of hydrogen-bond donors (Lipinski definition) is 2. The van der Waals surface area contributed by atoms with Crippen LogP contribution in [0.1, 0.15) is 19.3 Å². The Kier molecular flexibility index (Phi) is 9.01. The first-order valence-corrected chi connectivity index (χ1v) is 8.30. The summed E-state index contributed by atoms with van der Waals surface area (Å²) in [5.74, 6) is 0.763. The molecule has 0 rings (SSSR count). The molecule has 4 nitrogen and oxygen atoms in total. The average molecular weight is 309 g/mol. The molecule has 0 aromatic rings. The summed E-state index contributed by atoms with van der Waals surface area (Å²) in [5.41, 5.74) is 0. The van der Waals surface area contributed by atoms with Gasteiger partial charge in [-0.3, -0.25) is 0 Å². The molecule has 0 radical (unpaired) electrons. The van der Waals surface area contributed by atoms with Crippen molar-refractivity contribution < 1.29 is 26.7 Å². The van der Waals surface area contributed by atoms with Crippen molar-refractivity contribution >= 4 is 21.8 Å². The third-order valence-corrected chi connectivity index (χ3v) is 4.43. The van der Waals surface area contributed by atoms with Crippen molar-refractivity contribution in [3.05, 3.63) is 0 Å². The van der Waals surface area contributed by atoms with E-state index in [4.69, 9.17) is 5.11 Å². The Balaban J connectivity index is 3.62. The van der Waals surface area contributed by atoms with Crippen LogP contribution in [0.25, 0.3) is 0 Å². The van der Waals surface area contributed by atoms with Crippen LogP contribution in [0.5, 0.6) is 0 Å². The number of rotatable bonds is 10. The molecule has 0 aromatic carbocycles. The van der Waals surface area contributed by atoms with Crippen molar-refractivity contribution in [2.24, 2.45) is 0 Å². The third kappa shape index (κ3) is 12.5. The maximum atomic E-state index is 11.8. The first-order chi connectivity index (χ1) is 8.27. The van der Waals surface area contributed by atoms with Gasteiger partial charge in [-0.15, -0.1) is 0 Å². The Morgan fingerprint density at radius 3 is 2.39 bits per heavy atom. The first kappa shape index (κ1) is 18.0. The molecular weight excluding hydrogens is 291 g/mol. The lowest BCUT2D eigenvalue weighted by Gasteiger charge is -2.08. The second-order valence-corrected chi connectivity index (χ2v) is 6.77. The quantitative estimate of drug-likeness (QED) is 0.598. The van der Waals surface area contributed by atoms with E-state index in [2.05, 4.69) is 4.72 Å². The summed E-state index contributed by atoms with van der Waals surface area (Å²) < 4.78 is 60.2. The average Bonchev–Trinajstić information content (AvgIpc) is 2.21. The van der Waals surface area contributed by atoms with Crippen LogP contribution in [0.3, 0.4) is 0 Å². The van der Waals surface area contributed by atoms with Crippen LogP contribution < -0.4 is 4.72 Å². The predicted molar refractivity (Wildman–Crippen MR) is 66.1 cm³/mol. The van der Waals surface area contributed by atoms with Crippen LogP contribution in [-0.4, -0.2) is 50.1 Å². The van der Waals surface area contributed by atoms with E-state index in [0.717, 1.165) is 5.75 Å². The Labute approximate surface area is 109 Å². The van der Waals surface area contributed by atoms with E-state index in [1.165, 1.54) is 11.8 Å². The smallest absolute Gasteiger partial charge is 0.389 e. The highest BCUT2D eigenvalue weighted by Crippen LogP contribution is 2.21. The molecule has 0 spiro atoms. The molecule has 0 unspecified atom stereocenters. The summed E-state index contributed by atoms with van der Waals surface area (Å²) in [6.07, 6.45) is -5.17. The standard InChI is InChI=1S/C9H18F3NO3S2/c10-9(11,12)3-1-8-18(15,16)13-4-7-17-6-2-5-14/h13-14H,1-8H2. The van der Waals surface area contributed by atoms with Gasteiger partial charge >= 0.3 is 6.18 Å². The maximum absolute atomic E-state index is 11.8. The topological polar surface area (TPSA) is 66.4 Å². The lowest BCUT2D eigenvalue weighted by molar-refractivity contribution is -0.134. The van der Waals surface area contributed by atoms with Crippen molar-refractivity contribution in [1.82, 2.24) is 4.72 Å². The molecule has 9 heteroatoms. The van der Waals surface area contributed by atoms with Gasteiger partial charge in [0.25, 0.3) is 0 Å². The molecule has 0 saturated heterocycles. The van der Waals surface area contributed by atoms with Crippen LogP contribution >= 0.6 is 11.8 Å². The zero-order valence-corrected chi connectivity index (χ0v) is 11.5. The highest BCUT2D eigenvalue weighted by molar-refractivity contribution is 7.99. The van der Waals surface area contributed by atoms with Gasteiger partial charge in [0.05, 0.1) is 5.75 Å². The maximum Gasteiger partial charge on any atom is 0.389 e.